The molecule has 3 aromatic rings. The van der Waals surface area contributed by atoms with Crippen molar-refractivity contribution in [3.63, 3.8) is 0 Å². The van der Waals surface area contributed by atoms with Gasteiger partial charge in [-0.15, -0.1) is 11.3 Å². The lowest BCUT2D eigenvalue weighted by Crippen LogP contribution is -1.80. The highest BCUT2D eigenvalue weighted by Crippen LogP contribution is 2.42. The van der Waals surface area contributed by atoms with Crippen LogP contribution >= 0.6 is 80.9 Å². The fourth-order valence-electron chi connectivity index (χ4n) is 2.07. The van der Waals surface area contributed by atoms with Gasteiger partial charge in [-0.1, -0.05) is 69.6 Å². The van der Waals surface area contributed by atoms with Gasteiger partial charge in [-0.3, -0.25) is 0 Å². The van der Waals surface area contributed by atoms with Crippen LogP contribution in [-0.4, -0.2) is 0 Å². The van der Waals surface area contributed by atoms with E-state index in [2.05, 4.69) is 0 Å². The van der Waals surface area contributed by atoms with Gasteiger partial charge in [-0.05, 0) is 41.3 Å². The Bertz CT molecular complexity index is 828. The van der Waals surface area contributed by atoms with Gasteiger partial charge in [0.1, 0.15) is 0 Å². The predicted octanol–water partition coefficient (Wildman–Crippen LogP) is 9.00. The lowest BCUT2D eigenvalue weighted by Gasteiger charge is -2.05. The molecule has 0 saturated heterocycles. The Morgan fingerprint density at radius 1 is 0.522 bits per heavy atom. The molecule has 2 aromatic carbocycles. The molecule has 0 spiro atoms. The molecule has 0 fully saturated rings. The molecular weight excluding hydrogens is 437 g/mol. The number of thiophene rings is 1. The molecule has 0 aliphatic rings. The van der Waals surface area contributed by atoms with E-state index in [9.17, 15) is 0 Å². The highest BCUT2D eigenvalue weighted by atomic mass is 35.5. The Labute approximate surface area is 167 Å². The van der Waals surface area contributed by atoms with E-state index in [4.69, 9.17) is 69.6 Å². The molecule has 0 unspecified atom stereocenters. The number of hydrogen-bond donors (Lipinski definition) is 0. The van der Waals surface area contributed by atoms with Crippen LogP contribution in [-0.2, 0) is 0 Å². The summed E-state index contributed by atoms with van der Waals surface area (Å²) in [6.45, 7) is 0. The third-order valence-electron chi connectivity index (χ3n) is 3.20. The van der Waals surface area contributed by atoms with Gasteiger partial charge in [-0.2, -0.15) is 0 Å². The highest BCUT2D eigenvalue weighted by molar-refractivity contribution is 7.14. The predicted molar refractivity (Wildman–Crippen MR) is 105 cm³/mol. The van der Waals surface area contributed by atoms with Crippen LogP contribution in [0.25, 0.3) is 21.6 Å². The zero-order chi connectivity index (χ0) is 16.7. The van der Waals surface area contributed by atoms with Crippen LogP contribution in [0.1, 0.15) is 0 Å². The van der Waals surface area contributed by atoms with Gasteiger partial charge in [0.05, 0.1) is 30.1 Å². The lowest BCUT2D eigenvalue weighted by molar-refractivity contribution is 1.66. The summed E-state index contributed by atoms with van der Waals surface area (Å²) in [7, 11) is 0. The fourth-order valence-corrected chi connectivity index (χ4v) is 4.37. The summed E-state index contributed by atoms with van der Waals surface area (Å²) in [4.78, 5) is 0.950. The molecule has 0 radical (unpaired) electrons. The molecule has 0 nitrogen and oxygen atoms in total. The average molecular weight is 443 g/mol. The molecule has 1 heterocycles. The van der Waals surface area contributed by atoms with Crippen molar-refractivity contribution in [3.05, 3.63) is 65.8 Å². The third kappa shape index (κ3) is 3.62. The topological polar surface area (TPSA) is 0 Å². The number of halogens is 6. The van der Waals surface area contributed by atoms with E-state index in [1.165, 1.54) is 11.3 Å². The average Bonchev–Trinajstić information content (AvgIpc) is 2.96. The first kappa shape index (κ1) is 17.7. The van der Waals surface area contributed by atoms with E-state index in [1.54, 1.807) is 24.3 Å². The van der Waals surface area contributed by atoms with Crippen LogP contribution in [0, 0.1) is 0 Å². The normalized spacial score (nSPS) is 11.0. The second-order valence-corrected chi connectivity index (χ2v) is 8.05. The molecule has 3 rings (SSSR count). The van der Waals surface area contributed by atoms with Crippen molar-refractivity contribution in [2.75, 3.05) is 0 Å². The maximum atomic E-state index is 6.27. The van der Waals surface area contributed by atoms with Crippen LogP contribution in [0.3, 0.4) is 0 Å². The standard InChI is InChI=1S/C16H6Cl6S/c17-10-4-14(21)12(19)2-8(10)7-1-16(23-6-7)9-3-13(20)15(22)5-11(9)18/h1-6H. The number of rotatable bonds is 2. The molecule has 0 aliphatic heterocycles. The van der Waals surface area contributed by atoms with Gasteiger partial charge in [0.2, 0.25) is 0 Å². The molecule has 1 aromatic heterocycles. The Kier molecular flexibility index (Phi) is 5.40. The Hall–Kier alpha value is -0.120. The molecule has 118 valence electrons. The maximum absolute atomic E-state index is 6.27. The van der Waals surface area contributed by atoms with Crippen LogP contribution in [0.15, 0.2) is 35.7 Å². The fraction of sp³-hybridized carbons (Fsp3) is 0. The van der Waals surface area contributed by atoms with Crippen molar-refractivity contribution < 1.29 is 0 Å². The highest BCUT2D eigenvalue weighted by Gasteiger charge is 2.14. The van der Waals surface area contributed by atoms with Crippen molar-refractivity contribution >= 4 is 80.9 Å². The first-order valence-corrected chi connectivity index (χ1v) is 9.40. The SMILES string of the molecule is Clc1cc(Cl)c(-c2csc(-c3cc(Cl)c(Cl)cc3Cl)c2)cc1Cl. The van der Waals surface area contributed by atoms with Crippen LogP contribution < -0.4 is 0 Å². The van der Waals surface area contributed by atoms with E-state index >= 15 is 0 Å². The van der Waals surface area contributed by atoms with E-state index in [-0.39, 0.29) is 0 Å². The Balaban J connectivity index is 2.08. The molecule has 23 heavy (non-hydrogen) atoms. The molecule has 0 amide bonds. The minimum absolute atomic E-state index is 0.420. The van der Waals surface area contributed by atoms with Crippen molar-refractivity contribution in [2.24, 2.45) is 0 Å². The Morgan fingerprint density at radius 3 is 1.61 bits per heavy atom. The van der Waals surface area contributed by atoms with Crippen molar-refractivity contribution in [1.29, 1.82) is 0 Å². The van der Waals surface area contributed by atoms with Crippen LogP contribution in [0.5, 0.6) is 0 Å². The number of benzene rings is 2. The van der Waals surface area contributed by atoms with Gasteiger partial charge < -0.3 is 0 Å². The molecular formula is C16H6Cl6S. The lowest BCUT2D eigenvalue weighted by atomic mass is 10.1. The molecule has 0 atom stereocenters. The first-order chi connectivity index (χ1) is 10.9. The van der Waals surface area contributed by atoms with Gasteiger partial charge in [0.15, 0.2) is 0 Å². The van der Waals surface area contributed by atoms with E-state index in [0.717, 1.165) is 21.6 Å². The van der Waals surface area contributed by atoms with E-state index in [0.29, 0.717) is 30.1 Å². The molecule has 0 N–H and O–H groups in total. The van der Waals surface area contributed by atoms with Gasteiger partial charge in [0.25, 0.3) is 0 Å². The van der Waals surface area contributed by atoms with Crippen molar-refractivity contribution in [3.8, 4) is 21.6 Å². The summed E-state index contributed by atoms with van der Waals surface area (Å²) in [5, 5.41) is 4.78. The van der Waals surface area contributed by atoms with E-state index in [1.807, 2.05) is 11.4 Å². The van der Waals surface area contributed by atoms with Gasteiger partial charge in [0, 0.05) is 16.0 Å². The quantitative estimate of drug-likeness (QED) is 0.347. The largest absolute Gasteiger partial charge is 0.143 e. The molecule has 7 heteroatoms. The zero-order valence-electron chi connectivity index (χ0n) is 11.1. The monoisotopic (exact) mass is 440 g/mol. The van der Waals surface area contributed by atoms with Crippen molar-refractivity contribution in [1.82, 2.24) is 0 Å². The summed E-state index contributed by atoms with van der Waals surface area (Å²) < 4.78 is 0. The maximum Gasteiger partial charge on any atom is 0.0607 e. The third-order valence-corrected chi connectivity index (χ3v) is 6.23. The van der Waals surface area contributed by atoms with Gasteiger partial charge >= 0.3 is 0 Å². The minimum atomic E-state index is 0.420. The molecule has 0 saturated carbocycles. The van der Waals surface area contributed by atoms with Crippen LogP contribution in [0.4, 0.5) is 0 Å². The zero-order valence-corrected chi connectivity index (χ0v) is 16.5. The Morgan fingerprint density at radius 2 is 1.00 bits per heavy atom. The van der Waals surface area contributed by atoms with Gasteiger partial charge in [-0.25, -0.2) is 0 Å². The second-order valence-electron chi connectivity index (χ2n) is 4.69. The first-order valence-electron chi connectivity index (χ1n) is 6.25. The second kappa shape index (κ2) is 7.01. The minimum Gasteiger partial charge on any atom is -0.143 e. The van der Waals surface area contributed by atoms with E-state index < -0.39 is 0 Å². The summed E-state index contributed by atoms with van der Waals surface area (Å²) >= 11 is 38.2. The smallest absolute Gasteiger partial charge is 0.0607 e. The van der Waals surface area contributed by atoms with Crippen molar-refractivity contribution in [2.45, 2.75) is 0 Å². The summed E-state index contributed by atoms with van der Waals surface area (Å²) in [6.07, 6.45) is 0. The number of hydrogen-bond acceptors (Lipinski definition) is 1. The molecule has 0 aliphatic carbocycles. The summed E-state index contributed by atoms with van der Waals surface area (Å²) in [5.41, 5.74) is 2.55. The summed E-state index contributed by atoms with van der Waals surface area (Å²) in [5.74, 6) is 0. The molecule has 0 bridgehead atoms. The van der Waals surface area contributed by atoms with Crippen LogP contribution in [0.2, 0.25) is 30.1 Å². The summed E-state index contributed by atoms with van der Waals surface area (Å²) in [6, 6.07) is 8.73.